The van der Waals surface area contributed by atoms with E-state index < -0.39 is 29.7 Å². The first-order valence-electron chi connectivity index (χ1n) is 11.3. The fourth-order valence-corrected chi connectivity index (χ4v) is 3.80. The lowest BCUT2D eigenvalue weighted by Gasteiger charge is -2.30. The maximum absolute atomic E-state index is 13.5. The van der Waals surface area contributed by atoms with E-state index in [0.717, 1.165) is 11.1 Å². The Morgan fingerprint density at radius 1 is 1.00 bits per heavy atom. The van der Waals surface area contributed by atoms with Gasteiger partial charge in [-0.3, -0.25) is 4.79 Å². The van der Waals surface area contributed by atoms with Gasteiger partial charge in [-0.15, -0.1) is 0 Å². The van der Waals surface area contributed by atoms with Gasteiger partial charge in [0.2, 0.25) is 5.91 Å². The Morgan fingerprint density at radius 2 is 1.61 bits per heavy atom. The Bertz CT molecular complexity index is 940. The molecule has 0 radical (unpaired) electrons. The topological polar surface area (TPSA) is 84.9 Å². The van der Waals surface area contributed by atoms with E-state index in [2.05, 4.69) is 5.32 Å². The smallest absolute Gasteiger partial charge is 0.408 e. The van der Waals surface area contributed by atoms with Crippen molar-refractivity contribution in [3.05, 3.63) is 71.8 Å². The lowest BCUT2D eigenvalue weighted by molar-refractivity contribution is -0.163. The molecule has 7 heteroatoms. The summed E-state index contributed by atoms with van der Waals surface area (Å²) in [5.74, 6) is -0.734. The highest BCUT2D eigenvalue weighted by Crippen LogP contribution is 2.23. The monoisotopic (exact) mass is 452 g/mol. The molecule has 0 saturated carbocycles. The zero-order valence-electron chi connectivity index (χ0n) is 19.5. The molecule has 1 saturated heterocycles. The molecule has 1 aliphatic rings. The molecule has 0 aliphatic carbocycles. The maximum Gasteiger partial charge on any atom is 0.408 e. The molecule has 3 rings (SSSR count). The fourth-order valence-electron chi connectivity index (χ4n) is 3.80. The van der Waals surface area contributed by atoms with Crippen LogP contribution in [0, 0.1) is 0 Å². The van der Waals surface area contributed by atoms with Crippen LogP contribution >= 0.6 is 0 Å². The van der Waals surface area contributed by atoms with Crippen molar-refractivity contribution in [2.75, 3.05) is 6.54 Å². The quantitative estimate of drug-likeness (QED) is 0.645. The van der Waals surface area contributed by atoms with E-state index in [1.165, 1.54) is 4.90 Å². The standard InChI is InChI=1S/C26H32N2O5/c1-26(2,3)33-24(30)22-15-10-16-28(22)23(29)21(17-19-11-6-4-7-12-19)27-25(31)32-18-20-13-8-5-9-14-20/h4-9,11-14,21-22H,10,15-18H2,1-3H3,(H,27,31)/t21-,22+/m1/s1. The highest BCUT2D eigenvalue weighted by molar-refractivity contribution is 5.90. The Kier molecular flexibility index (Phi) is 8.09. The number of esters is 1. The second-order valence-corrected chi connectivity index (χ2v) is 9.17. The van der Waals surface area contributed by atoms with Crippen LogP contribution in [0.25, 0.3) is 0 Å². The van der Waals surface area contributed by atoms with Crippen molar-refractivity contribution in [3.8, 4) is 0 Å². The Balaban J connectivity index is 1.71. The normalized spacial score (nSPS) is 16.7. The van der Waals surface area contributed by atoms with Gasteiger partial charge in [0.25, 0.3) is 0 Å². The number of hydrogen-bond acceptors (Lipinski definition) is 5. The first kappa shape index (κ1) is 24.3. The van der Waals surface area contributed by atoms with Gasteiger partial charge in [0.05, 0.1) is 0 Å². The van der Waals surface area contributed by atoms with Gasteiger partial charge in [-0.05, 0) is 44.7 Å². The highest BCUT2D eigenvalue weighted by atomic mass is 16.6. The molecule has 0 spiro atoms. The molecule has 2 aromatic carbocycles. The van der Waals surface area contributed by atoms with Crippen LogP contribution in [0.2, 0.25) is 0 Å². The Labute approximate surface area is 195 Å². The van der Waals surface area contributed by atoms with E-state index in [0.29, 0.717) is 19.4 Å². The number of rotatable bonds is 7. The van der Waals surface area contributed by atoms with Crippen LogP contribution in [-0.2, 0) is 32.1 Å². The number of ether oxygens (including phenoxy) is 2. The highest BCUT2D eigenvalue weighted by Gasteiger charge is 2.39. The van der Waals surface area contributed by atoms with E-state index in [1.54, 1.807) is 20.8 Å². The minimum atomic E-state index is -0.862. The number of nitrogens with one attached hydrogen (secondary N) is 1. The molecule has 1 heterocycles. The van der Waals surface area contributed by atoms with Gasteiger partial charge in [0, 0.05) is 13.0 Å². The van der Waals surface area contributed by atoms with Crippen molar-refractivity contribution in [2.24, 2.45) is 0 Å². The second kappa shape index (κ2) is 11.0. The van der Waals surface area contributed by atoms with Gasteiger partial charge < -0.3 is 19.7 Å². The summed E-state index contributed by atoms with van der Waals surface area (Å²) < 4.78 is 10.9. The molecular weight excluding hydrogens is 420 g/mol. The molecule has 2 aromatic rings. The average molecular weight is 453 g/mol. The molecule has 1 N–H and O–H groups in total. The van der Waals surface area contributed by atoms with E-state index in [9.17, 15) is 14.4 Å². The number of likely N-dealkylation sites (tertiary alicyclic amines) is 1. The molecule has 2 atom stereocenters. The van der Waals surface area contributed by atoms with Gasteiger partial charge >= 0.3 is 12.1 Å². The lowest BCUT2D eigenvalue weighted by Crippen LogP contribution is -2.53. The summed E-state index contributed by atoms with van der Waals surface area (Å²) in [6.07, 6.45) is 0.849. The largest absolute Gasteiger partial charge is 0.458 e. The number of nitrogens with zero attached hydrogens (tertiary/aromatic N) is 1. The molecule has 176 valence electrons. The van der Waals surface area contributed by atoms with Crippen LogP contribution in [0.4, 0.5) is 4.79 Å². The number of carbonyl (C=O) groups is 3. The van der Waals surface area contributed by atoms with Crippen molar-refractivity contribution < 1.29 is 23.9 Å². The maximum atomic E-state index is 13.5. The number of carbonyl (C=O) groups excluding carboxylic acids is 3. The number of amides is 2. The van der Waals surface area contributed by atoms with Crippen LogP contribution in [-0.4, -0.2) is 47.1 Å². The minimum Gasteiger partial charge on any atom is -0.458 e. The van der Waals surface area contributed by atoms with E-state index in [-0.39, 0.29) is 18.9 Å². The van der Waals surface area contributed by atoms with Gasteiger partial charge in [-0.2, -0.15) is 0 Å². The van der Waals surface area contributed by atoms with E-state index >= 15 is 0 Å². The Morgan fingerprint density at radius 3 is 2.21 bits per heavy atom. The SMILES string of the molecule is CC(C)(C)OC(=O)[C@@H]1CCCN1C(=O)[C@@H](Cc1ccccc1)NC(=O)OCc1ccccc1. The molecule has 33 heavy (non-hydrogen) atoms. The zero-order chi connectivity index (χ0) is 23.8. The summed E-state index contributed by atoms with van der Waals surface area (Å²) in [7, 11) is 0. The van der Waals surface area contributed by atoms with Gasteiger partial charge in [0.15, 0.2) is 0 Å². The zero-order valence-corrected chi connectivity index (χ0v) is 19.5. The molecule has 0 aromatic heterocycles. The van der Waals surface area contributed by atoms with Crippen LogP contribution in [0.1, 0.15) is 44.7 Å². The van der Waals surface area contributed by atoms with Crippen LogP contribution in [0.3, 0.4) is 0 Å². The average Bonchev–Trinajstić information content (AvgIpc) is 3.27. The molecule has 7 nitrogen and oxygen atoms in total. The molecule has 1 aliphatic heterocycles. The van der Waals surface area contributed by atoms with Gasteiger partial charge in [0.1, 0.15) is 24.3 Å². The summed E-state index contributed by atoms with van der Waals surface area (Å²) >= 11 is 0. The molecular formula is C26H32N2O5. The third-order valence-electron chi connectivity index (χ3n) is 5.30. The summed E-state index contributed by atoms with van der Waals surface area (Å²) in [6.45, 7) is 5.94. The fraction of sp³-hybridized carbons (Fsp3) is 0.423. The predicted molar refractivity (Wildman–Crippen MR) is 124 cm³/mol. The molecule has 2 amide bonds. The number of alkyl carbamates (subject to hydrolysis) is 1. The second-order valence-electron chi connectivity index (χ2n) is 9.17. The van der Waals surface area contributed by atoms with Crippen molar-refractivity contribution in [2.45, 2.75) is 64.3 Å². The molecule has 0 unspecified atom stereocenters. The summed E-state index contributed by atoms with van der Waals surface area (Å²) in [4.78, 5) is 40.3. The summed E-state index contributed by atoms with van der Waals surface area (Å²) in [6, 6.07) is 17.2. The minimum absolute atomic E-state index is 0.100. The third-order valence-corrected chi connectivity index (χ3v) is 5.30. The van der Waals surface area contributed by atoms with Crippen molar-refractivity contribution in [3.63, 3.8) is 0 Å². The third kappa shape index (κ3) is 7.34. The molecule has 1 fully saturated rings. The van der Waals surface area contributed by atoms with Crippen LogP contribution in [0.5, 0.6) is 0 Å². The summed E-state index contributed by atoms with van der Waals surface area (Å²) in [5, 5.41) is 2.72. The number of hydrogen-bond donors (Lipinski definition) is 1. The first-order chi connectivity index (χ1) is 15.7. The summed E-state index contributed by atoms with van der Waals surface area (Å²) in [5.41, 5.74) is 1.10. The first-order valence-corrected chi connectivity index (χ1v) is 11.3. The Hall–Kier alpha value is -3.35. The van der Waals surface area contributed by atoms with Crippen molar-refractivity contribution >= 4 is 18.0 Å². The predicted octanol–water partition coefficient (Wildman–Crippen LogP) is 3.86. The van der Waals surface area contributed by atoms with Gasteiger partial charge in [-0.25, -0.2) is 9.59 Å². The van der Waals surface area contributed by atoms with Crippen molar-refractivity contribution in [1.29, 1.82) is 0 Å². The molecule has 0 bridgehead atoms. The van der Waals surface area contributed by atoms with Gasteiger partial charge in [-0.1, -0.05) is 60.7 Å². The number of benzene rings is 2. The van der Waals surface area contributed by atoms with Crippen LogP contribution < -0.4 is 5.32 Å². The van der Waals surface area contributed by atoms with Crippen LogP contribution in [0.15, 0.2) is 60.7 Å². The van der Waals surface area contributed by atoms with E-state index in [1.807, 2.05) is 60.7 Å². The lowest BCUT2D eigenvalue weighted by atomic mass is 10.0. The van der Waals surface area contributed by atoms with Crippen molar-refractivity contribution in [1.82, 2.24) is 10.2 Å². The van der Waals surface area contributed by atoms with E-state index in [4.69, 9.17) is 9.47 Å².